The SMILES string of the molecule is N#CC(CCC(=O)[O-])(CC(=O)[O-])c1ccc(F)c(F)c1. The van der Waals surface area contributed by atoms with Gasteiger partial charge in [-0.3, -0.25) is 0 Å². The lowest BCUT2D eigenvalue weighted by atomic mass is 9.75. The Kier molecular flexibility index (Phi) is 4.75. The Labute approximate surface area is 113 Å². The minimum absolute atomic E-state index is 0.121. The summed E-state index contributed by atoms with van der Waals surface area (Å²) >= 11 is 0. The minimum Gasteiger partial charge on any atom is -0.550 e. The number of carboxylic acids is 2. The third-order valence-electron chi connectivity index (χ3n) is 2.89. The van der Waals surface area contributed by atoms with Gasteiger partial charge >= 0.3 is 0 Å². The number of halogens is 2. The Morgan fingerprint density at radius 3 is 2.30 bits per heavy atom. The molecule has 20 heavy (non-hydrogen) atoms. The van der Waals surface area contributed by atoms with Crippen LogP contribution < -0.4 is 10.2 Å². The molecule has 0 fully saturated rings. The predicted molar refractivity (Wildman–Crippen MR) is 57.5 cm³/mol. The van der Waals surface area contributed by atoms with Crippen molar-refractivity contribution >= 4 is 11.9 Å². The number of rotatable bonds is 6. The van der Waals surface area contributed by atoms with Gasteiger partial charge in [0.15, 0.2) is 11.6 Å². The van der Waals surface area contributed by atoms with Gasteiger partial charge in [0.25, 0.3) is 0 Å². The van der Waals surface area contributed by atoms with Gasteiger partial charge in [0.2, 0.25) is 0 Å². The normalized spacial score (nSPS) is 13.2. The van der Waals surface area contributed by atoms with Crippen molar-refractivity contribution in [2.45, 2.75) is 24.7 Å². The molecule has 1 rings (SSSR count). The zero-order chi connectivity index (χ0) is 15.3. The summed E-state index contributed by atoms with van der Waals surface area (Å²) in [5.41, 5.74) is -1.93. The van der Waals surface area contributed by atoms with Crippen LogP contribution >= 0.6 is 0 Å². The molecule has 1 aromatic carbocycles. The molecule has 0 N–H and O–H groups in total. The van der Waals surface area contributed by atoms with Crippen LogP contribution in [0.2, 0.25) is 0 Å². The molecule has 7 heteroatoms. The summed E-state index contributed by atoms with van der Waals surface area (Å²) in [6.45, 7) is 0. The molecule has 0 aliphatic rings. The van der Waals surface area contributed by atoms with E-state index < -0.39 is 48.3 Å². The molecular weight excluding hydrogens is 272 g/mol. The first-order chi connectivity index (χ1) is 9.30. The van der Waals surface area contributed by atoms with Crippen LogP contribution in [0.5, 0.6) is 0 Å². The van der Waals surface area contributed by atoms with E-state index in [0.29, 0.717) is 6.07 Å². The molecule has 0 aromatic heterocycles. The van der Waals surface area contributed by atoms with Gasteiger partial charge in [-0.2, -0.15) is 5.26 Å². The van der Waals surface area contributed by atoms with Crippen molar-refractivity contribution in [3.8, 4) is 6.07 Å². The van der Waals surface area contributed by atoms with Crippen LogP contribution in [0, 0.1) is 23.0 Å². The van der Waals surface area contributed by atoms with E-state index in [2.05, 4.69) is 0 Å². The fourth-order valence-corrected chi connectivity index (χ4v) is 1.85. The molecule has 0 heterocycles. The molecular formula is C13H9F2NO4-2. The van der Waals surface area contributed by atoms with Gasteiger partial charge in [0.1, 0.15) is 0 Å². The number of hydrogen-bond donors (Lipinski definition) is 0. The van der Waals surface area contributed by atoms with Crippen molar-refractivity contribution in [2.75, 3.05) is 0 Å². The van der Waals surface area contributed by atoms with Crippen molar-refractivity contribution in [1.82, 2.24) is 0 Å². The van der Waals surface area contributed by atoms with E-state index in [4.69, 9.17) is 0 Å². The highest BCUT2D eigenvalue weighted by Gasteiger charge is 2.33. The molecule has 0 radical (unpaired) electrons. The van der Waals surface area contributed by atoms with Crippen molar-refractivity contribution in [1.29, 1.82) is 5.26 Å². The molecule has 0 saturated heterocycles. The van der Waals surface area contributed by atoms with Crippen molar-refractivity contribution in [3.05, 3.63) is 35.4 Å². The van der Waals surface area contributed by atoms with Gasteiger partial charge in [0.05, 0.1) is 11.5 Å². The Morgan fingerprint density at radius 1 is 1.20 bits per heavy atom. The average molecular weight is 281 g/mol. The predicted octanol–water partition coefficient (Wildman–Crippen LogP) is -0.604. The molecule has 1 unspecified atom stereocenters. The number of hydrogen-bond acceptors (Lipinski definition) is 5. The van der Waals surface area contributed by atoms with Crippen LogP contribution in [0.15, 0.2) is 18.2 Å². The van der Waals surface area contributed by atoms with Crippen LogP contribution in [0.25, 0.3) is 0 Å². The first kappa shape index (κ1) is 15.6. The highest BCUT2D eigenvalue weighted by Crippen LogP contribution is 2.33. The van der Waals surface area contributed by atoms with E-state index in [0.717, 1.165) is 12.1 Å². The Bertz CT molecular complexity index is 582. The molecule has 1 atom stereocenters. The van der Waals surface area contributed by atoms with Gasteiger partial charge in [-0.25, -0.2) is 8.78 Å². The van der Waals surface area contributed by atoms with Crippen LogP contribution in [0.1, 0.15) is 24.8 Å². The van der Waals surface area contributed by atoms with Crippen LogP contribution in [0.3, 0.4) is 0 Å². The standard InChI is InChI=1S/C13H11F2NO4/c14-9-2-1-8(5-10(9)15)13(7-16,6-12(19)20)4-3-11(17)18/h1-2,5H,3-4,6H2,(H,17,18)(H,19,20)/p-2. The molecule has 0 bridgehead atoms. The highest BCUT2D eigenvalue weighted by atomic mass is 19.2. The second-order valence-corrected chi connectivity index (χ2v) is 4.24. The van der Waals surface area contributed by atoms with Gasteiger partial charge in [-0.15, -0.1) is 0 Å². The molecule has 5 nitrogen and oxygen atoms in total. The number of carbonyl (C=O) groups excluding carboxylic acids is 2. The van der Waals surface area contributed by atoms with Gasteiger partial charge < -0.3 is 19.8 Å². The highest BCUT2D eigenvalue weighted by molar-refractivity contribution is 5.69. The first-order valence-corrected chi connectivity index (χ1v) is 5.57. The van der Waals surface area contributed by atoms with E-state index in [1.165, 1.54) is 0 Å². The third kappa shape index (κ3) is 3.51. The quantitative estimate of drug-likeness (QED) is 0.692. The summed E-state index contributed by atoms with van der Waals surface area (Å²) in [4.78, 5) is 21.2. The smallest absolute Gasteiger partial charge is 0.159 e. The van der Waals surface area contributed by atoms with Gasteiger partial charge in [-0.05, 0) is 30.5 Å². The lowest BCUT2D eigenvalue weighted by Gasteiger charge is -2.28. The fourth-order valence-electron chi connectivity index (χ4n) is 1.85. The van der Waals surface area contributed by atoms with E-state index in [9.17, 15) is 33.8 Å². The van der Waals surface area contributed by atoms with Gasteiger partial charge in [0, 0.05) is 18.4 Å². The average Bonchev–Trinajstić information content (AvgIpc) is 2.37. The molecule has 1 aromatic rings. The zero-order valence-corrected chi connectivity index (χ0v) is 10.2. The second kappa shape index (κ2) is 6.10. The first-order valence-electron chi connectivity index (χ1n) is 5.57. The fraction of sp³-hybridized carbons (Fsp3) is 0.308. The third-order valence-corrected chi connectivity index (χ3v) is 2.89. The zero-order valence-electron chi connectivity index (χ0n) is 10.2. The lowest BCUT2D eigenvalue weighted by molar-refractivity contribution is -0.309. The number of nitriles is 1. The maximum atomic E-state index is 13.2. The lowest BCUT2D eigenvalue weighted by Crippen LogP contribution is -2.36. The van der Waals surface area contributed by atoms with Crippen LogP contribution in [-0.2, 0) is 15.0 Å². The van der Waals surface area contributed by atoms with Crippen LogP contribution in [0.4, 0.5) is 8.78 Å². The topological polar surface area (TPSA) is 104 Å². The largest absolute Gasteiger partial charge is 0.550 e. The Balaban J connectivity index is 3.26. The van der Waals surface area contributed by atoms with E-state index >= 15 is 0 Å². The molecule has 0 aliphatic heterocycles. The maximum Gasteiger partial charge on any atom is 0.159 e. The molecule has 0 amide bonds. The summed E-state index contributed by atoms with van der Waals surface area (Å²) < 4.78 is 26.1. The summed E-state index contributed by atoms with van der Waals surface area (Å²) in [5.74, 6) is -5.50. The van der Waals surface area contributed by atoms with E-state index in [1.54, 1.807) is 6.07 Å². The molecule has 0 aliphatic carbocycles. The molecule has 106 valence electrons. The minimum atomic E-state index is -1.81. The van der Waals surface area contributed by atoms with E-state index in [-0.39, 0.29) is 5.56 Å². The monoisotopic (exact) mass is 281 g/mol. The summed E-state index contributed by atoms with van der Waals surface area (Å²) in [6.07, 6.45) is -1.84. The van der Waals surface area contributed by atoms with Crippen LogP contribution in [-0.4, -0.2) is 11.9 Å². The number of carbonyl (C=O) groups is 2. The second-order valence-electron chi connectivity index (χ2n) is 4.24. The molecule has 0 spiro atoms. The maximum absolute atomic E-state index is 13.2. The number of benzene rings is 1. The van der Waals surface area contributed by atoms with E-state index in [1.807, 2.05) is 0 Å². The Morgan fingerprint density at radius 2 is 1.85 bits per heavy atom. The summed E-state index contributed by atoms with van der Waals surface area (Å²) in [5, 5.41) is 30.4. The number of aliphatic carboxylic acids is 2. The molecule has 0 saturated carbocycles. The number of nitrogens with zero attached hydrogens (tertiary/aromatic N) is 1. The Hall–Kier alpha value is -2.49. The van der Waals surface area contributed by atoms with Gasteiger partial charge in [-0.1, -0.05) is 6.07 Å². The van der Waals surface area contributed by atoms with Crippen molar-refractivity contribution < 1.29 is 28.6 Å². The van der Waals surface area contributed by atoms with Crippen molar-refractivity contribution in [3.63, 3.8) is 0 Å². The summed E-state index contributed by atoms with van der Waals surface area (Å²) in [7, 11) is 0. The number of carboxylic acid groups (broad SMARTS) is 2. The van der Waals surface area contributed by atoms with Crippen molar-refractivity contribution in [2.24, 2.45) is 0 Å². The summed E-state index contributed by atoms with van der Waals surface area (Å²) in [6, 6.07) is 4.12.